The summed E-state index contributed by atoms with van der Waals surface area (Å²) in [7, 11) is 0. The number of aryl methyl sites for hydroxylation is 1. The van der Waals surface area contributed by atoms with Crippen LogP contribution in [0.3, 0.4) is 0 Å². The molecule has 0 fully saturated rings. The molecule has 2 N–H and O–H groups in total. The molecule has 20 heavy (non-hydrogen) atoms. The zero-order valence-electron chi connectivity index (χ0n) is 12.4. The quantitative estimate of drug-likeness (QED) is 0.748. The lowest BCUT2D eigenvalue weighted by Crippen LogP contribution is -2.21. The maximum Gasteiger partial charge on any atom is 0.306 e. The maximum absolute atomic E-state index is 11.7. The minimum Gasteiger partial charge on any atom is -0.465 e. The first-order chi connectivity index (χ1) is 9.01. The van der Waals surface area contributed by atoms with Crippen molar-refractivity contribution < 1.29 is 9.53 Å². The van der Waals surface area contributed by atoms with Crippen LogP contribution in [0.4, 0.5) is 0 Å². The van der Waals surface area contributed by atoms with E-state index in [0.717, 1.165) is 17.1 Å². The van der Waals surface area contributed by atoms with Gasteiger partial charge in [0, 0.05) is 18.2 Å². The van der Waals surface area contributed by atoms with Crippen LogP contribution in [0.1, 0.15) is 37.4 Å². The molecule has 1 aromatic rings. The first-order valence-electron chi connectivity index (χ1n) is 6.78. The van der Waals surface area contributed by atoms with E-state index in [1.807, 2.05) is 12.3 Å². The van der Waals surface area contributed by atoms with E-state index >= 15 is 0 Å². The normalized spacial score (nSPS) is 12.1. The predicted octanol–water partition coefficient (Wildman–Crippen LogP) is 2.97. The van der Waals surface area contributed by atoms with Gasteiger partial charge in [-0.25, -0.2) is 4.98 Å². The number of carbonyl (C=O) groups excluding carboxylic acids is 1. The second kappa shape index (κ2) is 10.1. The molecule has 1 atom stereocenters. The van der Waals surface area contributed by atoms with E-state index < -0.39 is 0 Å². The summed E-state index contributed by atoms with van der Waals surface area (Å²) in [5.74, 6) is 0.636. The Morgan fingerprint density at radius 3 is 2.70 bits per heavy atom. The summed E-state index contributed by atoms with van der Waals surface area (Å²) in [6.07, 6.45) is 2.08. The number of nitrogens with two attached hydrogens (primary N) is 1. The van der Waals surface area contributed by atoms with E-state index in [0.29, 0.717) is 31.9 Å². The van der Waals surface area contributed by atoms with Crippen LogP contribution in [-0.2, 0) is 16.0 Å². The van der Waals surface area contributed by atoms with Gasteiger partial charge in [0.05, 0.1) is 17.3 Å². The molecule has 0 aromatic carbocycles. The number of thiazole rings is 1. The van der Waals surface area contributed by atoms with Crippen molar-refractivity contribution in [2.45, 2.75) is 40.0 Å². The van der Waals surface area contributed by atoms with Crippen molar-refractivity contribution in [1.29, 1.82) is 0 Å². The monoisotopic (exact) mass is 320 g/mol. The van der Waals surface area contributed by atoms with Gasteiger partial charge in [0.1, 0.15) is 0 Å². The number of aromatic nitrogens is 1. The van der Waals surface area contributed by atoms with Gasteiger partial charge < -0.3 is 10.5 Å². The molecule has 116 valence electrons. The predicted molar refractivity (Wildman–Crippen MR) is 85.4 cm³/mol. The third kappa shape index (κ3) is 7.82. The first-order valence-corrected chi connectivity index (χ1v) is 7.66. The number of hydrogen-bond donors (Lipinski definition) is 1. The summed E-state index contributed by atoms with van der Waals surface area (Å²) in [4.78, 5) is 16.0. The van der Waals surface area contributed by atoms with Gasteiger partial charge >= 0.3 is 5.97 Å². The molecule has 6 heteroatoms. The zero-order valence-corrected chi connectivity index (χ0v) is 14.1. The van der Waals surface area contributed by atoms with E-state index in [2.05, 4.69) is 18.8 Å². The van der Waals surface area contributed by atoms with Crippen molar-refractivity contribution in [3.63, 3.8) is 0 Å². The Balaban J connectivity index is 0.00000361. The second-order valence-corrected chi connectivity index (χ2v) is 6.33. The third-order valence-corrected chi connectivity index (χ3v) is 3.70. The lowest BCUT2D eigenvalue weighted by atomic mass is 9.94. The van der Waals surface area contributed by atoms with Gasteiger partial charge in [-0.3, -0.25) is 4.79 Å². The lowest BCUT2D eigenvalue weighted by molar-refractivity contribution is -0.144. The Bertz CT molecular complexity index is 396. The number of nitrogens with zero attached hydrogens (tertiary/aromatic N) is 1. The van der Waals surface area contributed by atoms with Gasteiger partial charge in [-0.1, -0.05) is 13.8 Å². The zero-order chi connectivity index (χ0) is 14.3. The van der Waals surface area contributed by atoms with E-state index in [-0.39, 0.29) is 24.3 Å². The van der Waals surface area contributed by atoms with Crippen LogP contribution in [-0.4, -0.2) is 24.1 Å². The summed E-state index contributed by atoms with van der Waals surface area (Å²) in [6, 6.07) is 0. The summed E-state index contributed by atoms with van der Waals surface area (Å²) in [6.45, 7) is 7.19. The summed E-state index contributed by atoms with van der Waals surface area (Å²) < 4.78 is 5.24. The summed E-state index contributed by atoms with van der Waals surface area (Å²) >= 11 is 1.62. The van der Waals surface area contributed by atoms with Crippen molar-refractivity contribution in [3.05, 3.63) is 16.1 Å². The van der Waals surface area contributed by atoms with E-state index in [1.54, 1.807) is 11.3 Å². The average molecular weight is 321 g/mol. The van der Waals surface area contributed by atoms with E-state index in [4.69, 9.17) is 10.5 Å². The molecule has 0 aliphatic rings. The number of esters is 1. The average Bonchev–Trinajstić information content (AvgIpc) is 2.73. The van der Waals surface area contributed by atoms with Gasteiger partial charge in [-0.15, -0.1) is 23.7 Å². The molecule has 0 saturated heterocycles. The van der Waals surface area contributed by atoms with Gasteiger partial charge in [0.2, 0.25) is 0 Å². The molecule has 0 aliphatic carbocycles. The Morgan fingerprint density at radius 2 is 2.20 bits per heavy atom. The highest BCUT2D eigenvalue weighted by Crippen LogP contribution is 2.15. The Morgan fingerprint density at radius 1 is 1.50 bits per heavy atom. The molecule has 0 spiro atoms. The van der Waals surface area contributed by atoms with Crippen molar-refractivity contribution in [2.75, 3.05) is 13.2 Å². The van der Waals surface area contributed by atoms with Crippen LogP contribution in [0.2, 0.25) is 0 Å². The Kier molecular flexibility index (Phi) is 9.80. The molecule has 0 saturated carbocycles. The highest BCUT2D eigenvalue weighted by atomic mass is 35.5. The number of ether oxygens (including phenoxy) is 1. The lowest BCUT2D eigenvalue weighted by Gasteiger charge is -2.15. The van der Waals surface area contributed by atoms with Crippen molar-refractivity contribution in [2.24, 2.45) is 17.6 Å². The third-order valence-electron chi connectivity index (χ3n) is 2.88. The Labute approximate surface area is 131 Å². The standard InChI is InChI=1S/C14H24N2O2S.ClH/c1-10(2)6-12(8-15)7-14(17)18-5-4-13-9-19-11(3)16-13;/h9-10,12H,4-8,15H2,1-3H3;1H/t12-;/m0./s1. The Hall–Kier alpha value is -0.650. The largest absolute Gasteiger partial charge is 0.465 e. The van der Waals surface area contributed by atoms with Gasteiger partial charge in [0.15, 0.2) is 0 Å². The van der Waals surface area contributed by atoms with Crippen molar-refractivity contribution >= 4 is 29.7 Å². The molecule has 0 amide bonds. The fourth-order valence-corrected chi connectivity index (χ4v) is 2.66. The van der Waals surface area contributed by atoms with E-state index in [9.17, 15) is 4.79 Å². The topological polar surface area (TPSA) is 65.2 Å². The molecule has 0 unspecified atom stereocenters. The molecule has 4 nitrogen and oxygen atoms in total. The molecular weight excluding hydrogens is 296 g/mol. The fraction of sp³-hybridized carbons (Fsp3) is 0.714. The van der Waals surface area contributed by atoms with Crippen LogP contribution >= 0.6 is 23.7 Å². The molecule has 0 aliphatic heterocycles. The van der Waals surface area contributed by atoms with Crippen LogP contribution in [0.25, 0.3) is 0 Å². The second-order valence-electron chi connectivity index (χ2n) is 5.26. The van der Waals surface area contributed by atoms with E-state index in [1.165, 1.54) is 0 Å². The van der Waals surface area contributed by atoms with Crippen LogP contribution in [0, 0.1) is 18.8 Å². The highest BCUT2D eigenvalue weighted by Gasteiger charge is 2.15. The number of halogens is 1. The van der Waals surface area contributed by atoms with Crippen LogP contribution < -0.4 is 5.73 Å². The molecule has 0 radical (unpaired) electrons. The number of rotatable bonds is 8. The number of hydrogen-bond acceptors (Lipinski definition) is 5. The SMILES string of the molecule is Cc1nc(CCOC(=O)C[C@@H](CN)CC(C)C)cs1.Cl. The minimum absolute atomic E-state index is 0. The summed E-state index contributed by atoms with van der Waals surface area (Å²) in [5.41, 5.74) is 6.67. The van der Waals surface area contributed by atoms with Crippen molar-refractivity contribution in [1.82, 2.24) is 4.98 Å². The highest BCUT2D eigenvalue weighted by molar-refractivity contribution is 7.09. The first kappa shape index (κ1) is 19.4. The molecular formula is C14H25ClN2O2S. The molecule has 1 aromatic heterocycles. The maximum atomic E-state index is 11.7. The molecule has 1 rings (SSSR count). The fourth-order valence-electron chi connectivity index (χ4n) is 2.02. The minimum atomic E-state index is -0.150. The molecule has 0 bridgehead atoms. The number of carbonyl (C=O) groups is 1. The summed E-state index contributed by atoms with van der Waals surface area (Å²) in [5, 5.41) is 3.05. The van der Waals surface area contributed by atoms with Crippen LogP contribution in [0.15, 0.2) is 5.38 Å². The van der Waals surface area contributed by atoms with Gasteiger partial charge in [-0.05, 0) is 31.7 Å². The molecule has 1 heterocycles. The smallest absolute Gasteiger partial charge is 0.306 e. The van der Waals surface area contributed by atoms with Crippen molar-refractivity contribution in [3.8, 4) is 0 Å². The van der Waals surface area contributed by atoms with Gasteiger partial charge in [0.25, 0.3) is 0 Å². The van der Waals surface area contributed by atoms with Crippen LogP contribution in [0.5, 0.6) is 0 Å². The van der Waals surface area contributed by atoms with Gasteiger partial charge in [-0.2, -0.15) is 0 Å².